The van der Waals surface area contributed by atoms with Crippen LogP contribution in [0.4, 0.5) is 10.6 Å². The highest BCUT2D eigenvalue weighted by atomic mass is 16.5. The highest BCUT2D eigenvalue weighted by Crippen LogP contribution is 2.18. The first-order valence-electron chi connectivity index (χ1n) is 8.13. The van der Waals surface area contributed by atoms with Gasteiger partial charge in [-0.1, -0.05) is 0 Å². The molecule has 3 rings (SSSR count). The fourth-order valence-corrected chi connectivity index (χ4v) is 3.07. The maximum absolute atomic E-state index is 11.9. The summed E-state index contributed by atoms with van der Waals surface area (Å²) in [7, 11) is 0. The van der Waals surface area contributed by atoms with Gasteiger partial charge in [-0.2, -0.15) is 5.10 Å². The molecule has 2 amide bonds. The van der Waals surface area contributed by atoms with Crippen molar-refractivity contribution in [3.8, 4) is 0 Å². The summed E-state index contributed by atoms with van der Waals surface area (Å²) in [5.74, 6) is 0.999. The molecule has 1 unspecified atom stereocenters. The number of anilines is 1. The van der Waals surface area contributed by atoms with Crippen LogP contribution in [0.2, 0.25) is 0 Å². The van der Waals surface area contributed by atoms with Crippen LogP contribution >= 0.6 is 0 Å². The molecule has 22 heavy (non-hydrogen) atoms. The quantitative estimate of drug-likeness (QED) is 0.780. The summed E-state index contributed by atoms with van der Waals surface area (Å²) in [6.45, 7) is 5.27. The zero-order valence-electron chi connectivity index (χ0n) is 13.1. The first-order valence-corrected chi connectivity index (χ1v) is 8.13. The van der Waals surface area contributed by atoms with Crippen molar-refractivity contribution in [3.05, 3.63) is 11.8 Å². The largest absolute Gasteiger partial charge is 0.376 e. The summed E-state index contributed by atoms with van der Waals surface area (Å²) in [5, 5.41) is 13.2. The average molecular weight is 307 g/mol. The lowest BCUT2D eigenvalue weighted by Gasteiger charge is -2.32. The number of urea groups is 1. The maximum Gasteiger partial charge on any atom is 0.315 e. The van der Waals surface area contributed by atoms with Crippen molar-refractivity contribution in [2.45, 2.75) is 44.8 Å². The average Bonchev–Trinajstić information content (AvgIpc) is 3.17. The van der Waals surface area contributed by atoms with Gasteiger partial charge in [-0.15, -0.1) is 0 Å². The number of aromatic amines is 1. The third kappa shape index (κ3) is 3.91. The van der Waals surface area contributed by atoms with Crippen LogP contribution in [0.5, 0.6) is 0 Å². The Hall–Kier alpha value is -1.76. The number of ether oxygens (including phenoxy) is 1. The van der Waals surface area contributed by atoms with Gasteiger partial charge in [0.05, 0.1) is 6.10 Å². The second kappa shape index (κ2) is 7.00. The van der Waals surface area contributed by atoms with Crippen LogP contribution in [0.1, 0.15) is 31.4 Å². The number of rotatable bonds is 4. The van der Waals surface area contributed by atoms with Crippen molar-refractivity contribution in [3.63, 3.8) is 0 Å². The molecule has 1 aromatic heterocycles. The Morgan fingerprint density at radius 3 is 2.91 bits per heavy atom. The van der Waals surface area contributed by atoms with Crippen LogP contribution < -0.4 is 15.5 Å². The van der Waals surface area contributed by atoms with Gasteiger partial charge in [0.25, 0.3) is 0 Å². The monoisotopic (exact) mass is 307 g/mol. The van der Waals surface area contributed by atoms with Crippen LogP contribution in [-0.4, -0.2) is 54.6 Å². The van der Waals surface area contributed by atoms with Crippen LogP contribution in [0.25, 0.3) is 0 Å². The Morgan fingerprint density at radius 1 is 1.45 bits per heavy atom. The smallest absolute Gasteiger partial charge is 0.315 e. The predicted molar refractivity (Wildman–Crippen MR) is 84.1 cm³/mol. The molecule has 7 nitrogen and oxygen atoms in total. The van der Waals surface area contributed by atoms with Gasteiger partial charge in [-0.3, -0.25) is 5.10 Å². The fraction of sp³-hybridized carbons (Fsp3) is 0.733. The van der Waals surface area contributed by atoms with Crippen LogP contribution in [0.15, 0.2) is 6.07 Å². The summed E-state index contributed by atoms with van der Waals surface area (Å²) in [6, 6.07) is 2.22. The van der Waals surface area contributed by atoms with Crippen molar-refractivity contribution in [2.24, 2.45) is 0 Å². The van der Waals surface area contributed by atoms with Crippen LogP contribution in [-0.2, 0) is 4.74 Å². The second-order valence-corrected chi connectivity index (χ2v) is 6.16. The van der Waals surface area contributed by atoms with E-state index in [2.05, 4.69) is 31.8 Å². The van der Waals surface area contributed by atoms with E-state index in [1.807, 2.05) is 6.92 Å². The Kier molecular flexibility index (Phi) is 4.82. The van der Waals surface area contributed by atoms with Crippen LogP contribution in [0.3, 0.4) is 0 Å². The predicted octanol–water partition coefficient (Wildman–Crippen LogP) is 1.17. The van der Waals surface area contributed by atoms with Gasteiger partial charge in [0.15, 0.2) is 5.82 Å². The molecule has 0 radical (unpaired) electrons. The number of piperidine rings is 1. The second-order valence-electron chi connectivity index (χ2n) is 6.16. The first-order chi connectivity index (χ1) is 10.7. The lowest BCUT2D eigenvalue weighted by molar-refractivity contribution is 0.111. The van der Waals surface area contributed by atoms with E-state index in [4.69, 9.17) is 4.74 Å². The molecule has 122 valence electrons. The first kappa shape index (κ1) is 15.1. The molecule has 1 aromatic rings. The molecule has 0 bridgehead atoms. The van der Waals surface area contributed by atoms with Crippen LogP contribution in [0, 0.1) is 6.92 Å². The summed E-state index contributed by atoms with van der Waals surface area (Å²) < 4.78 is 5.50. The number of carbonyl (C=O) groups excluding carboxylic acids is 1. The number of amides is 2. The Bertz CT molecular complexity index is 490. The van der Waals surface area contributed by atoms with E-state index in [-0.39, 0.29) is 18.2 Å². The third-order valence-corrected chi connectivity index (χ3v) is 4.36. The van der Waals surface area contributed by atoms with Crippen molar-refractivity contribution < 1.29 is 9.53 Å². The number of nitrogens with zero attached hydrogens (tertiary/aromatic N) is 2. The molecule has 0 aliphatic carbocycles. The van der Waals surface area contributed by atoms with Gasteiger partial charge in [-0.05, 0) is 32.6 Å². The Balaban J connectivity index is 1.37. The number of hydrogen-bond acceptors (Lipinski definition) is 4. The number of aryl methyl sites for hydroxylation is 1. The van der Waals surface area contributed by atoms with Gasteiger partial charge in [0.2, 0.25) is 0 Å². The molecule has 2 saturated heterocycles. The molecular weight excluding hydrogens is 282 g/mol. The Morgan fingerprint density at radius 2 is 2.27 bits per heavy atom. The highest BCUT2D eigenvalue weighted by molar-refractivity contribution is 5.74. The number of nitrogens with one attached hydrogen (secondary N) is 3. The van der Waals surface area contributed by atoms with E-state index in [0.29, 0.717) is 6.54 Å². The summed E-state index contributed by atoms with van der Waals surface area (Å²) in [4.78, 5) is 14.2. The molecule has 0 aromatic carbocycles. The SMILES string of the molecule is Cc1cc(N2CCC(NC(=O)NCC3CCCO3)CC2)n[nH]1. The highest BCUT2D eigenvalue weighted by Gasteiger charge is 2.22. The number of H-pyrrole nitrogens is 1. The number of hydrogen-bond donors (Lipinski definition) is 3. The van der Waals surface area contributed by atoms with E-state index < -0.39 is 0 Å². The van der Waals surface area contributed by atoms with Crippen molar-refractivity contribution >= 4 is 11.8 Å². The minimum absolute atomic E-state index is 0.0791. The van der Waals surface area contributed by atoms with E-state index in [9.17, 15) is 4.79 Å². The number of aromatic nitrogens is 2. The normalized spacial score (nSPS) is 22.8. The summed E-state index contributed by atoms with van der Waals surface area (Å²) in [6.07, 6.45) is 4.22. The van der Waals surface area contributed by atoms with E-state index in [1.165, 1.54) is 0 Å². The summed E-state index contributed by atoms with van der Waals surface area (Å²) >= 11 is 0. The lowest BCUT2D eigenvalue weighted by Crippen LogP contribution is -2.49. The third-order valence-electron chi connectivity index (χ3n) is 4.36. The molecule has 3 heterocycles. The Labute approximate surface area is 130 Å². The van der Waals surface area contributed by atoms with Gasteiger partial charge >= 0.3 is 6.03 Å². The minimum atomic E-state index is -0.0791. The molecule has 7 heteroatoms. The van der Waals surface area contributed by atoms with E-state index in [0.717, 1.165) is 56.9 Å². The van der Waals surface area contributed by atoms with Crippen molar-refractivity contribution in [2.75, 3.05) is 31.1 Å². The molecular formula is C15H25N5O2. The van der Waals surface area contributed by atoms with Crippen molar-refractivity contribution in [1.82, 2.24) is 20.8 Å². The molecule has 2 fully saturated rings. The van der Waals surface area contributed by atoms with Gasteiger partial charge in [-0.25, -0.2) is 4.79 Å². The molecule has 1 atom stereocenters. The fourth-order valence-electron chi connectivity index (χ4n) is 3.07. The standard InChI is InChI=1S/C15H25N5O2/c1-11-9-14(19-18-11)20-6-4-12(5-7-20)17-15(21)16-10-13-3-2-8-22-13/h9,12-13H,2-8,10H2,1H3,(H,18,19)(H2,16,17,21). The van der Waals surface area contributed by atoms with Gasteiger partial charge in [0.1, 0.15) is 0 Å². The summed E-state index contributed by atoms with van der Waals surface area (Å²) in [5.41, 5.74) is 1.07. The molecule has 0 saturated carbocycles. The number of carbonyl (C=O) groups is 1. The van der Waals surface area contributed by atoms with E-state index in [1.54, 1.807) is 0 Å². The molecule has 0 spiro atoms. The molecule has 3 N–H and O–H groups in total. The van der Waals surface area contributed by atoms with Gasteiger partial charge in [0, 0.05) is 44.0 Å². The van der Waals surface area contributed by atoms with Gasteiger partial charge < -0.3 is 20.3 Å². The van der Waals surface area contributed by atoms with E-state index >= 15 is 0 Å². The zero-order valence-corrected chi connectivity index (χ0v) is 13.1. The maximum atomic E-state index is 11.9. The topological polar surface area (TPSA) is 82.3 Å². The molecule has 2 aliphatic heterocycles. The molecule has 2 aliphatic rings. The minimum Gasteiger partial charge on any atom is -0.376 e. The lowest BCUT2D eigenvalue weighted by atomic mass is 10.1. The zero-order chi connectivity index (χ0) is 15.4. The van der Waals surface area contributed by atoms with Crippen molar-refractivity contribution in [1.29, 1.82) is 0 Å².